The number of hydrogen-bond donors (Lipinski definition) is 1. The van der Waals surface area contributed by atoms with E-state index in [1.807, 2.05) is 19.1 Å². The Balaban J connectivity index is 1.91. The molecule has 0 unspecified atom stereocenters. The second-order valence-electron chi connectivity index (χ2n) is 5.13. The van der Waals surface area contributed by atoms with Crippen LogP contribution >= 0.6 is 0 Å². The fraction of sp³-hybridized carbons (Fsp3) is 0.467. The highest BCUT2D eigenvalue weighted by Crippen LogP contribution is 2.33. The molecule has 1 fully saturated rings. The topological polar surface area (TPSA) is 64.3 Å². The maximum absolute atomic E-state index is 5.64. The molecule has 2 aromatic rings. The Hall–Kier alpha value is -1.88. The van der Waals surface area contributed by atoms with Crippen molar-refractivity contribution < 1.29 is 4.74 Å². The zero-order chi connectivity index (χ0) is 13.9. The molecule has 0 atom stereocenters. The van der Waals surface area contributed by atoms with Crippen molar-refractivity contribution in [2.75, 3.05) is 31.1 Å². The maximum Gasteiger partial charge on any atom is 0.145 e. The Bertz CT molecular complexity index is 595. The van der Waals surface area contributed by atoms with Gasteiger partial charge in [0, 0.05) is 18.5 Å². The lowest BCUT2D eigenvalue weighted by Crippen LogP contribution is -2.48. The summed E-state index contributed by atoms with van der Waals surface area (Å²) in [6, 6.07) is 6.01. The summed E-state index contributed by atoms with van der Waals surface area (Å²) in [6.07, 6.45) is 2.71. The predicted molar refractivity (Wildman–Crippen MR) is 80.1 cm³/mol. The number of hydrogen-bond acceptors (Lipinski definition) is 5. The molecule has 0 saturated carbocycles. The lowest BCUT2D eigenvalue weighted by atomic mass is 9.96. The van der Waals surface area contributed by atoms with Gasteiger partial charge >= 0.3 is 0 Å². The minimum atomic E-state index is 0.640. The largest absolute Gasteiger partial charge is 0.492 e. The molecule has 20 heavy (non-hydrogen) atoms. The molecule has 1 aliphatic rings. The number of anilines is 1. The lowest BCUT2D eigenvalue weighted by molar-refractivity contribution is 0.343. The molecule has 5 heteroatoms. The second-order valence-corrected chi connectivity index (χ2v) is 5.13. The first-order valence-electron chi connectivity index (χ1n) is 7.15. The number of aromatic nitrogens is 2. The lowest BCUT2D eigenvalue weighted by Gasteiger charge is -2.40. The van der Waals surface area contributed by atoms with Crippen LogP contribution in [0, 0.1) is 5.92 Å². The molecular weight excluding hydrogens is 252 g/mol. The van der Waals surface area contributed by atoms with Gasteiger partial charge in [0.2, 0.25) is 0 Å². The third-order valence-electron chi connectivity index (χ3n) is 3.74. The first kappa shape index (κ1) is 13.1. The Morgan fingerprint density at radius 2 is 2.20 bits per heavy atom. The molecule has 2 heterocycles. The summed E-state index contributed by atoms with van der Waals surface area (Å²) in [7, 11) is 0. The zero-order valence-electron chi connectivity index (χ0n) is 11.7. The van der Waals surface area contributed by atoms with Crippen molar-refractivity contribution in [3.05, 3.63) is 24.5 Å². The normalized spacial score (nSPS) is 15.4. The van der Waals surface area contributed by atoms with Gasteiger partial charge in [0.15, 0.2) is 0 Å². The highest BCUT2D eigenvalue weighted by molar-refractivity contribution is 5.93. The molecule has 5 nitrogen and oxygen atoms in total. The molecule has 1 aromatic carbocycles. The van der Waals surface area contributed by atoms with Crippen molar-refractivity contribution >= 4 is 16.7 Å². The van der Waals surface area contributed by atoms with E-state index in [1.54, 1.807) is 6.33 Å². The van der Waals surface area contributed by atoms with E-state index in [1.165, 1.54) is 0 Å². The van der Waals surface area contributed by atoms with Gasteiger partial charge in [0.25, 0.3) is 0 Å². The van der Waals surface area contributed by atoms with E-state index in [0.29, 0.717) is 12.5 Å². The third-order valence-corrected chi connectivity index (χ3v) is 3.74. The van der Waals surface area contributed by atoms with Crippen molar-refractivity contribution in [1.82, 2.24) is 9.97 Å². The summed E-state index contributed by atoms with van der Waals surface area (Å²) in [5.41, 5.74) is 6.50. The van der Waals surface area contributed by atoms with E-state index >= 15 is 0 Å². The molecule has 1 aromatic heterocycles. The molecule has 0 radical (unpaired) electrons. The van der Waals surface area contributed by atoms with Gasteiger partial charge in [-0.25, -0.2) is 9.97 Å². The van der Waals surface area contributed by atoms with Gasteiger partial charge < -0.3 is 15.4 Å². The Morgan fingerprint density at radius 3 is 2.95 bits per heavy atom. The van der Waals surface area contributed by atoms with E-state index in [-0.39, 0.29) is 0 Å². The molecule has 2 N–H and O–H groups in total. The van der Waals surface area contributed by atoms with Gasteiger partial charge in [-0.3, -0.25) is 0 Å². The second kappa shape index (κ2) is 5.63. The first-order chi connectivity index (χ1) is 9.83. The van der Waals surface area contributed by atoms with Crippen LogP contribution in [-0.2, 0) is 0 Å². The van der Waals surface area contributed by atoms with Crippen LogP contribution in [0.2, 0.25) is 0 Å². The number of para-hydroxylation sites is 1. The third kappa shape index (κ3) is 2.29. The summed E-state index contributed by atoms with van der Waals surface area (Å²) >= 11 is 0. The summed E-state index contributed by atoms with van der Waals surface area (Å²) in [4.78, 5) is 11.1. The van der Waals surface area contributed by atoms with Crippen molar-refractivity contribution in [2.24, 2.45) is 11.7 Å². The Kier molecular flexibility index (Phi) is 3.69. The summed E-state index contributed by atoms with van der Waals surface area (Å²) in [5.74, 6) is 2.53. The zero-order valence-corrected chi connectivity index (χ0v) is 11.7. The van der Waals surface area contributed by atoms with Crippen LogP contribution in [-0.4, -0.2) is 36.2 Å². The van der Waals surface area contributed by atoms with E-state index in [4.69, 9.17) is 10.5 Å². The number of rotatable bonds is 5. The van der Waals surface area contributed by atoms with Crippen LogP contribution in [0.4, 0.5) is 5.82 Å². The summed E-state index contributed by atoms with van der Waals surface area (Å²) in [5, 5.41) is 1.06. The number of nitrogens with zero attached hydrogens (tertiary/aromatic N) is 3. The van der Waals surface area contributed by atoms with Crippen molar-refractivity contribution in [2.45, 2.75) is 13.3 Å². The van der Waals surface area contributed by atoms with Gasteiger partial charge in [-0.2, -0.15) is 0 Å². The first-order valence-corrected chi connectivity index (χ1v) is 7.15. The van der Waals surface area contributed by atoms with E-state index in [2.05, 4.69) is 20.9 Å². The van der Waals surface area contributed by atoms with Crippen molar-refractivity contribution in [1.29, 1.82) is 0 Å². The number of fused-ring (bicyclic) bond motifs is 1. The standard InChI is InChI=1S/C15H20N4O/c1-2-20-13-5-3-4-12-14(13)17-10-18-15(12)19-8-11(9-19)6-7-16/h3-5,10-11H,2,6-9,16H2,1H3. The average Bonchev–Trinajstić information content (AvgIpc) is 2.43. The van der Waals surface area contributed by atoms with E-state index < -0.39 is 0 Å². The number of nitrogens with two attached hydrogens (primary N) is 1. The predicted octanol–water partition coefficient (Wildman–Crippen LogP) is 1.81. The van der Waals surface area contributed by atoms with Gasteiger partial charge in [0.05, 0.1) is 6.61 Å². The smallest absolute Gasteiger partial charge is 0.145 e. The molecule has 0 spiro atoms. The molecular formula is C15H20N4O. The molecule has 1 saturated heterocycles. The molecule has 0 amide bonds. The van der Waals surface area contributed by atoms with Crippen LogP contribution in [0.1, 0.15) is 13.3 Å². The van der Waals surface area contributed by atoms with Crippen LogP contribution in [0.5, 0.6) is 5.75 Å². The fourth-order valence-electron chi connectivity index (χ4n) is 2.73. The van der Waals surface area contributed by atoms with Crippen LogP contribution < -0.4 is 15.4 Å². The summed E-state index contributed by atoms with van der Waals surface area (Å²) in [6.45, 7) is 5.44. The monoisotopic (exact) mass is 272 g/mol. The minimum Gasteiger partial charge on any atom is -0.492 e. The Labute approximate surface area is 118 Å². The summed E-state index contributed by atoms with van der Waals surface area (Å²) < 4.78 is 5.64. The van der Waals surface area contributed by atoms with Gasteiger partial charge in [-0.15, -0.1) is 0 Å². The average molecular weight is 272 g/mol. The Morgan fingerprint density at radius 1 is 1.35 bits per heavy atom. The maximum atomic E-state index is 5.64. The quantitative estimate of drug-likeness (QED) is 0.899. The van der Waals surface area contributed by atoms with Crippen LogP contribution in [0.15, 0.2) is 24.5 Å². The van der Waals surface area contributed by atoms with E-state index in [9.17, 15) is 0 Å². The van der Waals surface area contributed by atoms with Crippen molar-refractivity contribution in [3.8, 4) is 5.75 Å². The highest BCUT2D eigenvalue weighted by atomic mass is 16.5. The molecule has 3 rings (SSSR count). The van der Waals surface area contributed by atoms with Gasteiger partial charge in [-0.05, 0) is 37.9 Å². The van der Waals surface area contributed by atoms with Crippen LogP contribution in [0.3, 0.4) is 0 Å². The number of ether oxygens (including phenoxy) is 1. The molecule has 0 aliphatic carbocycles. The fourth-order valence-corrected chi connectivity index (χ4v) is 2.73. The highest BCUT2D eigenvalue weighted by Gasteiger charge is 2.28. The SMILES string of the molecule is CCOc1cccc2c(N3CC(CCN)C3)ncnc12. The minimum absolute atomic E-state index is 0.640. The van der Waals surface area contributed by atoms with Crippen molar-refractivity contribution in [3.63, 3.8) is 0 Å². The molecule has 1 aliphatic heterocycles. The molecule has 106 valence electrons. The van der Waals surface area contributed by atoms with Gasteiger partial charge in [-0.1, -0.05) is 6.07 Å². The number of benzene rings is 1. The van der Waals surface area contributed by atoms with Gasteiger partial charge in [0.1, 0.15) is 23.4 Å². The molecule has 0 bridgehead atoms. The van der Waals surface area contributed by atoms with E-state index in [0.717, 1.165) is 48.5 Å². The van der Waals surface area contributed by atoms with Crippen LogP contribution in [0.25, 0.3) is 10.9 Å².